The van der Waals surface area contributed by atoms with E-state index < -0.39 is 11.6 Å². The number of fused-ring (bicyclic) bond motifs is 1. The van der Waals surface area contributed by atoms with Crippen LogP contribution in [0.4, 0.5) is 20.2 Å². The lowest BCUT2D eigenvalue weighted by molar-refractivity contribution is 0.0723. The zero-order valence-electron chi connectivity index (χ0n) is 24.5. The Morgan fingerprint density at radius 2 is 1.64 bits per heavy atom. The van der Waals surface area contributed by atoms with Crippen LogP contribution in [0.25, 0.3) is 11.3 Å². The normalized spacial score (nSPS) is 14.4. The zero-order valence-corrected chi connectivity index (χ0v) is 24.5. The number of benzene rings is 3. The van der Waals surface area contributed by atoms with Gasteiger partial charge in [0.2, 0.25) is 0 Å². The Kier molecular flexibility index (Phi) is 8.15. The Hall–Kier alpha value is -4.99. The zero-order chi connectivity index (χ0) is 30.8. The van der Waals surface area contributed by atoms with E-state index in [1.54, 1.807) is 55.5 Å². The van der Waals surface area contributed by atoms with Crippen molar-refractivity contribution in [1.82, 2.24) is 14.8 Å². The molecule has 0 unspecified atom stereocenters. The molecule has 0 radical (unpaired) electrons. The number of nitrogens with one attached hydrogen (secondary N) is 1. The third-order valence-electron chi connectivity index (χ3n) is 8.06. The van der Waals surface area contributed by atoms with Crippen LogP contribution in [0.15, 0.2) is 66.7 Å². The summed E-state index contributed by atoms with van der Waals surface area (Å²) < 4.78 is 40.6. The lowest BCUT2D eigenvalue weighted by Crippen LogP contribution is -2.35. The minimum atomic E-state index is -0.756. The molecule has 10 heteroatoms. The van der Waals surface area contributed by atoms with E-state index in [0.717, 1.165) is 37.9 Å². The van der Waals surface area contributed by atoms with Crippen molar-refractivity contribution in [3.8, 4) is 22.8 Å². The first kappa shape index (κ1) is 29.1. The SMILES string of the molecule is COc1ccc(CN2Cc3nc(-c4c(F)cccc4F)cc(Nc4ccc(C(=O)N5CCCCC5)cc4)c3C2=O)c(OC)c1. The molecule has 3 aromatic carbocycles. The summed E-state index contributed by atoms with van der Waals surface area (Å²) in [7, 11) is 3.11. The van der Waals surface area contributed by atoms with Crippen LogP contribution in [-0.2, 0) is 13.1 Å². The van der Waals surface area contributed by atoms with Gasteiger partial charge >= 0.3 is 0 Å². The second kappa shape index (κ2) is 12.3. The fourth-order valence-electron chi connectivity index (χ4n) is 5.78. The highest BCUT2D eigenvalue weighted by Gasteiger charge is 2.33. The molecule has 8 nitrogen and oxygen atoms in total. The van der Waals surface area contributed by atoms with Crippen LogP contribution >= 0.6 is 0 Å². The minimum absolute atomic E-state index is 0.0156. The fourth-order valence-corrected chi connectivity index (χ4v) is 5.78. The second-order valence-electron chi connectivity index (χ2n) is 10.9. The molecule has 2 amide bonds. The van der Waals surface area contributed by atoms with Crippen LogP contribution in [-0.4, -0.2) is 53.9 Å². The Morgan fingerprint density at radius 1 is 0.909 bits per heavy atom. The maximum Gasteiger partial charge on any atom is 0.258 e. The largest absolute Gasteiger partial charge is 0.497 e. The van der Waals surface area contributed by atoms with Crippen LogP contribution in [0.1, 0.15) is 51.2 Å². The predicted octanol–water partition coefficient (Wildman–Crippen LogP) is 6.57. The average Bonchev–Trinajstić information content (AvgIpc) is 3.36. The molecule has 0 bridgehead atoms. The number of likely N-dealkylation sites (tertiary alicyclic amines) is 1. The number of carbonyl (C=O) groups is 2. The van der Waals surface area contributed by atoms with E-state index in [1.165, 1.54) is 24.3 Å². The monoisotopic (exact) mass is 598 g/mol. The minimum Gasteiger partial charge on any atom is -0.497 e. The van der Waals surface area contributed by atoms with E-state index in [4.69, 9.17) is 9.47 Å². The van der Waals surface area contributed by atoms with Crippen molar-refractivity contribution in [2.45, 2.75) is 32.4 Å². The van der Waals surface area contributed by atoms with Gasteiger partial charge in [-0.25, -0.2) is 13.8 Å². The van der Waals surface area contributed by atoms with Crippen molar-refractivity contribution in [2.24, 2.45) is 0 Å². The van der Waals surface area contributed by atoms with Crippen molar-refractivity contribution in [2.75, 3.05) is 32.6 Å². The molecule has 3 heterocycles. The van der Waals surface area contributed by atoms with Crippen LogP contribution in [0.5, 0.6) is 11.5 Å². The summed E-state index contributed by atoms with van der Waals surface area (Å²) >= 11 is 0. The van der Waals surface area contributed by atoms with Crippen molar-refractivity contribution in [3.05, 3.63) is 101 Å². The van der Waals surface area contributed by atoms with Gasteiger partial charge in [0.05, 0.1) is 55.5 Å². The number of aromatic nitrogens is 1. The molecule has 2 aliphatic heterocycles. The molecule has 6 rings (SSSR count). The highest BCUT2D eigenvalue weighted by molar-refractivity contribution is 6.04. The third-order valence-corrected chi connectivity index (χ3v) is 8.06. The first-order valence-corrected chi connectivity index (χ1v) is 14.5. The molecule has 4 aromatic rings. The molecular formula is C34H32F2N4O4. The van der Waals surface area contributed by atoms with Crippen molar-refractivity contribution >= 4 is 23.2 Å². The van der Waals surface area contributed by atoms with Gasteiger partial charge in [0.15, 0.2) is 0 Å². The Morgan fingerprint density at radius 3 is 2.32 bits per heavy atom. The van der Waals surface area contributed by atoms with Crippen LogP contribution in [0.2, 0.25) is 0 Å². The van der Waals surface area contributed by atoms with Gasteiger partial charge in [-0.05, 0) is 73.9 Å². The van der Waals surface area contributed by atoms with Gasteiger partial charge in [-0.3, -0.25) is 9.59 Å². The van der Waals surface area contributed by atoms with Crippen molar-refractivity contribution < 1.29 is 27.8 Å². The van der Waals surface area contributed by atoms with Crippen LogP contribution in [0, 0.1) is 11.6 Å². The number of hydrogen-bond donors (Lipinski definition) is 1. The lowest BCUT2D eigenvalue weighted by Gasteiger charge is -2.26. The molecule has 0 spiro atoms. The number of rotatable bonds is 8. The van der Waals surface area contributed by atoms with Crippen molar-refractivity contribution in [3.63, 3.8) is 0 Å². The van der Waals surface area contributed by atoms with E-state index in [2.05, 4.69) is 10.3 Å². The number of piperidine rings is 1. The summed E-state index contributed by atoms with van der Waals surface area (Å²) in [6.45, 7) is 1.85. The number of pyridine rings is 1. The van der Waals surface area contributed by atoms with Gasteiger partial charge in [-0.15, -0.1) is 0 Å². The number of methoxy groups -OCH3 is 2. The van der Waals surface area contributed by atoms with Gasteiger partial charge in [0.1, 0.15) is 23.1 Å². The van der Waals surface area contributed by atoms with Gasteiger partial charge in [-0.1, -0.05) is 6.07 Å². The smallest absolute Gasteiger partial charge is 0.258 e. The molecule has 44 heavy (non-hydrogen) atoms. The summed E-state index contributed by atoms with van der Waals surface area (Å²) in [6.07, 6.45) is 3.13. The molecule has 1 saturated heterocycles. The molecule has 1 aromatic heterocycles. The number of carbonyl (C=O) groups excluding carboxylic acids is 2. The van der Waals surface area contributed by atoms with Gasteiger partial charge in [0, 0.05) is 36.0 Å². The summed E-state index contributed by atoms with van der Waals surface area (Å²) in [6, 6.07) is 17.5. The topological polar surface area (TPSA) is 84.0 Å². The molecule has 1 N–H and O–H groups in total. The first-order chi connectivity index (χ1) is 21.4. The lowest BCUT2D eigenvalue weighted by atomic mass is 10.1. The Bertz CT molecular complexity index is 1700. The Labute approximate surface area is 254 Å². The number of anilines is 2. The average molecular weight is 599 g/mol. The highest BCUT2D eigenvalue weighted by atomic mass is 19.1. The number of amides is 2. The first-order valence-electron chi connectivity index (χ1n) is 14.5. The quantitative estimate of drug-likeness (QED) is 0.247. The van der Waals surface area contributed by atoms with E-state index in [9.17, 15) is 18.4 Å². The predicted molar refractivity (Wildman–Crippen MR) is 162 cm³/mol. The highest BCUT2D eigenvalue weighted by Crippen LogP contribution is 2.37. The molecular weight excluding hydrogens is 566 g/mol. The molecule has 1 fully saturated rings. The van der Waals surface area contributed by atoms with Gasteiger partial charge < -0.3 is 24.6 Å². The molecule has 2 aliphatic rings. The second-order valence-corrected chi connectivity index (χ2v) is 10.9. The van der Waals surface area contributed by atoms with Gasteiger partial charge in [-0.2, -0.15) is 0 Å². The number of hydrogen-bond acceptors (Lipinski definition) is 6. The number of ether oxygens (including phenoxy) is 2. The maximum absolute atomic E-state index is 14.9. The molecule has 0 saturated carbocycles. The molecule has 0 aliphatic carbocycles. The van der Waals surface area contributed by atoms with Crippen LogP contribution in [0.3, 0.4) is 0 Å². The summed E-state index contributed by atoms with van der Waals surface area (Å²) in [5, 5.41) is 3.25. The van der Waals surface area contributed by atoms with Crippen molar-refractivity contribution in [1.29, 1.82) is 0 Å². The standard InChI is InChI=1S/C34H32F2N4O4/c1-43-24-14-11-22(30(17-24)44-2)19-40-20-29-32(34(40)42)28(18-27(38-29)31-25(35)7-6-8-26(31)36)37-23-12-9-21(10-13-23)33(41)39-15-4-3-5-16-39/h6-14,17-18H,3-5,15-16,19-20H2,1-2H3,(H,37,38). The third kappa shape index (κ3) is 5.67. The summed E-state index contributed by atoms with van der Waals surface area (Å²) in [5.41, 5.74) is 2.79. The Balaban J connectivity index is 1.34. The van der Waals surface area contributed by atoms with E-state index in [-0.39, 0.29) is 36.2 Å². The number of nitrogens with zero attached hydrogens (tertiary/aromatic N) is 3. The molecule has 226 valence electrons. The van der Waals surface area contributed by atoms with E-state index in [0.29, 0.717) is 39.7 Å². The maximum atomic E-state index is 14.9. The summed E-state index contributed by atoms with van der Waals surface area (Å²) in [4.78, 5) is 34.8. The summed E-state index contributed by atoms with van der Waals surface area (Å²) in [5.74, 6) is -0.632. The number of halogens is 2. The van der Waals surface area contributed by atoms with Gasteiger partial charge in [0.25, 0.3) is 11.8 Å². The van der Waals surface area contributed by atoms with Crippen LogP contribution < -0.4 is 14.8 Å². The molecule has 0 atom stereocenters. The van der Waals surface area contributed by atoms with E-state index in [1.807, 2.05) is 11.0 Å². The fraction of sp³-hybridized carbons (Fsp3) is 0.265. The van der Waals surface area contributed by atoms with E-state index >= 15 is 0 Å².